The first-order chi connectivity index (χ1) is 6.96. The van der Waals surface area contributed by atoms with Crippen LogP contribution in [0.25, 0.3) is 0 Å². The predicted octanol–water partition coefficient (Wildman–Crippen LogP) is 0.288. The van der Waals surface area contributed by atoms with E-state index in [1.807, 2.05) is 34.6 Å². The summed E-state index contributed by atoms with van der Waals surface area (Å²) in [5.74, 6) is 0.286. The van der Waals surface area contributed by atoms with Gasteiger partial charge in [0.05, 0.1) is 0 Å². The molecule has 1 heterocycles. The lowest BCUT2D eigenvalue weighted by Crippen LogP contribution is -2.72. The molecule has 0 aromatic rings. The van der Waals surface area contributed by atoms with E-state index >= 15 is 0 Å². The number of nitrogens with zero attached hydrogens (tertiary/aromatic N) is 1. The summed E-state index contributed by atoms with van der Waals surface area (Å²) in [6.45, 7) is 10.3. The van der Waals surface area contributed by atoms with Crippen LogP contribution < -0.4 is 10.5 Å². The molecule has 1 saturated heterocycles. The van der Waals surface area contributed by atoms with Gasteiger partial charge in [0, 0.05) is 24.2 Å². The average molecular weight is 249 g/mol. The first kappa shape index (κ1) is 13.9. The van der Waals surface area contributed by atoms with Crippen LogP contribution in [0.2, 0.25) is 0 Å². The van der Waals surface area contributed by atoms with Crippen molar-refractivity contribution >= 4 is 10.2 Å². The minimum Gasteiger partial charge on any atom is -0.323 e. The predicted molar refractivity (Wildman–Crippen MR) is 65.1 cm³/mol. The van der Waals surface area contributed by atoms with E-state index in [0.29, 0.717) is 13.1 Å². The third-order valence-electron chi connectivity index (χ3n) is 2.87. The van der Waals surface area contributed by atoms with Gasteiger partial charge in [0.25, 0.3) is 10.2 Å². The largest absolute Gasteiger partial charge is 0.323 e. The summed E-state index contributed by atoms with van der Waals surface area (Å²) in [5.41, 5.74) is 5.24. The summed E-state index contributed by atoms with van der Waals surface area (Å²) in [5, 5.41) is 0. The van der Waals surface area contributed by atoms with E-state index in [9.17, 15) is 8.42 Å². The van der Waals surface area contributed by atoms with E-state index in [2.05, 4.69) is 4.72 Å². The van der Waals surface area contributed by atoms with Gasteiger partial charge in [-0.15, -0.1) is 0 Å². The number of hydrogen-bond acceptors (Lipinski definition) is 3. The maximum Gasteiger partial charge on any atom is 0.280 e. The molecular formula is C10H23N3O2S. The molecule has 96 valence electrons. The van der Waals surface area contributed by atoms with Crippen molar-refractivity contribution in [2.45, 2.75) is 45.7 Å². The average Bonchev–Trinajstić information content (AvgIpc) is 1.92. The van der Waals surface area contributed by atoms with Crippen molar-refractivity contribution in [2.75, 3.05) is 13.1 Å². The zero-order chi connectivity index (χ0) is 12.8. The fourth-order valence-electron chi connectivity index (χ4n) is 1.60. The Bertz CT molecular complexity index is 351. The molecular weight excluding hydrogens is 226 g/mol. The van der Waals surface area contributed by atoms with Crippen molar-refractivity contribution in [3.63, 3.8) is 0 Å². The van der Waals surface area contributed by atoms with Gasteiger partial charge in [0.1, 0.15) is 0 Å². The second-order valence-corrected chi connectivity index (χ2v) is 7.68. The molecule has 0 spiro atoms. The molecule has 3 N–H and O–H groups in total. The molecule has 0 unspecified atom stereocenters. The minimum atomic E-state index is -3.38. The van der Waals surface area contributed by atoms with E-state index in [1.54, 1.807) is 0 Å². The summed E-state index contributed by atoms with van der Waals surface area (Å²) in [4.78, 5) is 0. The first-order valence-electron chi connectivity index (χ1n) is 5.54. The molecule has 6 heteroatoms. The van der Waals surface area contributed by atoms with Gasteiger partial charge in [-0.2, -0.15) is 17.4 Å². The Labute approximate surface area is 98.6 Å². The highest BCUT2D eigenvalue weighted by atomic mass is 32.2. The molecule has 0 radical (unpaired) electrons. The second kappa shape index (κ2) is 3.94. The smallest absolute Gasteiger partial charge is 0.280 e. The van der Waals surface area contributed by atoms with Crippen molar-refractivity contribution in [3.05, 3.63) is 0 Å². The van der Waals surface area contributed by atoms with Crippen LogP contribution in [-0.4, -0.2) is 36.9 Å². The Kier molecular flexibility index (Phi) is 3.42. The quantitative estimate of drug-likeness (QED) is 0.755. The number of nitrogens with one attached hydrogen (secondary N) is 1. The normalized spacial score (nSPS) is 22.2. The highest BCUT2D eigenvalue weighted by molar-refractivity contribution is 7.87. The van der Waals surface area contributed by atoms with Crippen molar-refractivity contribution in [1.29, 1.82) is 0 Å². The summed E-state index contributed by atoms with van der Waals surface area (Å²) in [7, 11) is -3.38. The lowest BCUT2D eigenvalue weighted by atomic mass is 9.82. The summed E-state index contributed by atoms with van der Waals surface area (Å²) in [6, 6.07) is 0. The second-order valence-electron chi connectivity index (χ2n) is 6.01. The lowest BCUT2D eigenvalue weighted by molar-refractivity contribution is 0.108. The van der Waals surface area contributed by atoms with Crippen molar-refractivity contribution in [2.24, 2.45) is 11.7 Å². The molecule has 16 heavy (non-hydrogen) atoms. The third-order valence-corrected chi connectivity index (χ3v) is 4.67. The molecule has 1 aliphatic heterocycles. The van der Waals surface area contributed by atoms with Gasteiger partial charge in [0.15, 0.2) is 0 Å². The van der Waals surface area contributed by atoms with Crippen LogP contribution in [-0.2, 0) is 10.2 Å². The Hall–Kier alpha value is -0.170. The molecule has 0 bridgehead atoms. The fourth-order valence-corrected chi connectivity index (χ4v) is 3.32. The van der Waals surface area contributed by atoms with E-state index in [-0.39, 0.29) is 11.5 Å². The van der Waals surface area contributed by atoms with Gasteiger partial charge in [0.2, 0.25) is 0 Å². The molecule has 0 atom stereocenters. The molecule has 1 rings (SSSR count). The topological polar surface area (TPSA) is 75.4 Å². The first-order valence-corrected chi connectivity index (χ1v) is 6.98. The van der Waals surface area contributed by atoms with E-state index in [4.69, 9.17) is 5.73 Å². The van der Waals surface area contributed by atoms with Gasteiger partial charge < -0.3 is 5.73 Å². The lowest BCUT2D eigenvalue weighted by Gasteiger charge is -2.49. The number of hydrogen-bond donors (Lipinski definition) is 2. The number of rotatable bonds is 3. The molecule has 0 saturated carbocycles. The fraction of sp³-hybridized carbons (Fsp3) is 1.00. The van der Waals surface area contributed by atoms with Gasteiger partial charge >= 0.3 is 0 Å². The Balaban J connectivity index is 2.64. The van der Waals surface area contributed by atoms with Crippen molar-refractivity contribution in [1.82, 2.24) is 9.03 Å². The Morgan fingerprint density at radius 2 is 1.75 bits per heavy atom. The van der Waals surface area contributed by atoms with Crippen LogP contribution in [0, 0.1) is 5.92 Å². The zero-order valence-electron chi connectivity index (χ0n) is 10.7. The van der Waals surface area contributed by atoms with Crippen molar-refractivity contribution < 1.29 is 8.42 Å². The molecule has 0 aliphatic carbocycles. The van der Waals surface area contributed by atoms with Crippen LogP contribution >= 0.6 is 0 Å². The van der Waals surface area contributed by atoms with Gasteiger partial charge in [-0.25, -0.2) is 0 Å². The molecule has 1 aliphatic rings. The van der Waals surface area contributed by atoms with Crippen LogP contribution in [0.4, 0.5) is 0 Å². The summed E-state index contributed by atoms with van der Waals surface area (Å²) in [6.07, 6.45) is 0. The minimum absolute atomic E-state index is 0.286. The number of nitrogens with two attached hydrogens (primary N) is 1. The molecule has 0 aromatic heterocycles. The highest BCUT2D eigenvalue weighted by Crippen LogP contribution is 2.28. The molecule has 0 aromatic carbocycles. The third kappa shape index (κ3) is 2.94. The van der Waals surface area contributed by atoms with E-state index in [0.717, 1.165) is 0 Å². The van der Waals surface area contributed by atoms with Gasteiger partial charge in [-0.3, -0.25) is 0 Å². The highest BCUT2D eigenvalue weighted by Gasteiger charge is 2.47. The van der Waals surface area contributed by atoms with Crippen LogP contribution in [0.1, 0.15) is 34.6 Å². The van der Waals surface area contributed by atoms with Gasteiger partial charge in [-0.05, 0) is 26.7 Å². The summed E-state index contributed by atoms with van der Waals surface area (Å²) >= 11 is 0. The van der Waals surface area contributed by atoms with Crippen LogP contribution in [0.3, 0.4) is 0 Å². The molecule has 1 fully saturated rings. The maximum absolute atomic E-state index is 11.9. The Morgan fingerprint density at radius 3 is 2.06 bits per heavy atom. The van der Waals surface area contributed by atoms with E-state index < -0.39 is 15.7 Å². The SMILES string of the molecule is CC(C)C1(N)CN(S(=O)(=O)NC(C)(C)C)C1. The maximum atomic E-state index is 11.9. The van der Waals surface area contributed by atoms with Crippen molar-refractivity contribution in [3.8, 4) is 0 Å². The van der Waals surface area contributed by atoms with Crippen LogP contribution in [0.15, 0.2) is 0 Å². The summed E-state index contributed by atoms with van der Waals surface area (Å²) < 4.78 is 27.8. The Morgan fingerprint density at radius 1 is 1.31 bits per heavy atom. The van der Waals surface area contributed by atoms with E-state index in [1.165, 1.54) is 4.31 Å². The van der Waals surface area contributed by atoms with Gasteiger partial charge in [-0.1, -0.05) is 13.8 Å². The standard InChI is InChI=1S/C10H23N3O2S/c1-8(2)10(11)6-13(7-10)16(14,15)12-9(3,4)5/h8,12H,6-7,11H2,1-5H3. The molecule has 5 nitrogen and oxygen atoms in total. The van der Waals surface area contributed by atoms with Crippen LogP contribution in [0.5, 0.6) is 0 Å². The molecule has 0 amide bonds. The zero-order valence-corrected chi connectivity index (χ0v) is 11.6. The monoisotopic (exact) mass is 249 g/mol.